The number of fused-ring (bicyclic) bond motifs is 1. The van der Waals surface area contributed by atoms with Crippen LogP contribution in [-0.2, 0) is 16.0 Å². The Kier molecular flexibility index (Phi) is 4.41. The summed E-state index contributed by atoms with van der Waals surface area (Å²) in [7, 11) is 0. The molecule has 0 radical (unpaired) electrons. The molecule has 6 nitrogen and oxygen atoms in total. The van der Waals surface area contributed by atoms with E-state index in [0.717, 1.165) is 12.1 Å². The summed E-state index contributed by atoms with van der Waals surface area (Å²) in [4.78, 5) is 31.6. The van der Waals surface area contributed by atoms with Crippen molar-refractivity contribution in [2.24, 2.45) is 11.3 Å². The third-order valence-electron chi connectivity index (χ3n) is 5.97. The van der Waals surface area contributed by atoms with Crippen LogP contribution in [0.3, 0.4) is 0 Å². The molecule has 0 aromatic carbocycles. The number of nitrogens with one attached hydrogen (secondary N) is 1. The number of carbonyl (C=O) groups excluding carboxylic acids is 2. The average Bonchev–Trinajstić information content (AvgIpc) is 3.18. The third kappa shape index (κ3) is 3.20. The average molecular weight is 379 g/mol. The van der Waals surface area contributed by atoms with Crippen molar-refractivity contribution in [1.29, 1.82) is 0 Å². The van der Waals surface area contributed by atoms with Crippen LogP contribution in [0.1, 0.15) is 35.8 Å². The number of hydrogen-bond donors (Lipinski definition) is 1. The molecule has 2 atom stereocenters. The second kappa shape index (κ2) is 6.51. The van der Waals surface area contributed by atoms with E-state index in [-0.39, 0.29) is 43.7 Å². The standard InChI is InChI=1S/C19H23F2N3O3/c1-2-14-4-3-12(7-22-14)16(25)24-8-13-9-27-11-18(13,10-24)17(26)23-15-5-19(20,21)6-15/h3-4,7,13,15H,2,5-6,8-11H2,1H3,(H,23,26)/t13-,18-/m1/s1. The third-order valence-corrected chi connectivity index (χ3v) is 5.97. The van der Waals surface area contributed by atoms with E-state index < -0.39 is 17.4 Å². The number of ether oxygens (including phenoxy) is 1. The monoisotopic (exact) mass is 379 g/mol. The van der Waals surface area contributed by atoms with Gasteiger partial charge >= 0.3 is 0 Å². The molecule has 4 rings (SSSR count). The molecule has 0 bridgehead atoms. The number of rotatable bonds is 4. The molecule has 27 heavy (non-hydrogen) atoms. The molecule has 1 aromatic rings. The minimum absolute atomic E-state index is 0.120. The molecule has 1 saturated carbocycles. The second-order valence-electron chi connectivity index (χ2n) is 7.88. The van der Waals surface area contributed by atoms with Crippen LogP contribution in [0.15, 0.2) is 18.3 Å². The molecule has 2 amide bonds. The first-order valence-corrected chi connectivity index (χ1v) is 9.34. The fourth-order valence-corrected chi connectivity index (χ4v) is 4.25. The van der Waals surface area contributed by atoms with Gasteiger partial charge in [0.05, 0.1) is 24.2 Å². The number of halogens is 2. The number of pyridine rings is 1. The topological polar surface area (TPSA) is 71.5 Å². The molecule has 3 aliphatic rings. The number of aryl methyl sites for hydroxylation is 1. The Morgan fingerprint density at radius 1 is 1.37 bits per heavy atom. The Morgan fingerprint density at radius 3 is 2.78 bits per heavy atom. The first kappa shape index (κ1) is 18.3. The van der Waals surface area contributed by atoms with Crippen LogP contribution >= 0.6 is 0 Å². The van der Waals surface area contributed by atoms with Crippen LogP contribution in [-0.4, -0.2) is 60.0 Å². The van der Waals surface area contributed by atoms with E-state index in [1.807, 2.05) is 13.0 Å². The highest BCUT2D eigenvalue weighted by atomic mass is 19.3. The second-order valence-corrected chi connectivity index (χ2v) is 7.88. The minimum Gasteiger partial charge on any atom is -0.380 e. The maximum atomic E-state index is 13.1. The van der Waals surface area contributed by atoms with Crippen LogP contribution in [0, 0.1) is 11.3 Å². The maximum absolute atomic E-state index is 13.1. The van der Waals surface area contributed by atoms with Gasteiger partial charge in [-0.25, -0.2) is 8.78 Å². The van der Waals surface area contributed by atoms with Gasteiger partial charge in [0, 0.05) is 49.8 Å². The number of amides is 2. The molecule has 1 N–H and O–H groups in total. The molecule has 1 aromatic heterocycles. The van der Waals surface area contributed by atoms with Crippen molar-refractivity contribution in [2.45, 2.75) is 38.2 Å². The van der Waals surface area contributed by atoms with Gasteiger partial charge in [0.2, 0.25) is 5.91 Å². The van der Waals surface area contributed by atoms with Crippen LogP contribution in [0.5, 0.6) is 0 Å². The highest BCUT2D eigenvalue weighted by Gasteiger charge is 2.58. The number of hydrogen-bond acceptors (Lipinski definition) is 4. The zero-order valence-electron chi connectivity index (χ0n) is 15.2. The summed E-state index contributed by atoms with van der Waals surface area (Å²) in [6, 6.07) is 3.08. The molecule has 8 heteroatoms. The van der Waals surface area contributed by atoms with Crippen LogP contribution < -0.4 is 5.32 Å². The van der Waals surface area contributed by atoms with Gasteiger partial charge in [-0.2, -0.15) is 0 Å². The van der Waals surface area contributed by atoms with Crippen molar-refractivity contribution in [3.63, 3.8) is 0 Å². The summed E-state index contributed by atoms with van der Waals surface area (Å²) >= 11 is 0. The Labute approximate surface area is 156 Å². The van der Waals surface area contributed by atoms with Gasteiger partial charge in [-0.1, -0.05) is 6.92 Å². The summed E-state index contributed by atoms with van der Waals surface area (Å²) in [5.74, 6) is -3.25. The van der Waals surface area contributed by atoms with E-state index in [1.54, 1.807) is 17.2 Å². The Bertz CT molecular complexity index is 747. The zero-order chi connectivity index (χ0) is 19.2. The number of likely N-dealkylation sites (tertiary alicyclic amines) is 1. The number of alkyl halides is 2. The van der Waals surface area contributed by atoms with E-state index in [9.17, 15) is 18.4 Å². The summed E-state index contributed by atoms with van der Waals surface area (Å²) < 4.78 is 31.6. The quantitative estimate of drug-likeness (QED) is 0.864. The van der Waals surface area contributed by atoms with Crippen LogP contribution in [0.2, 0.25) is 0 Å². The smallest absolute Gasteiger partial charge is 0.255 e. The first-order chi connectivity index (χ1) is 12.8. The van der Waals surface area contributed by atoms with Gasteiger partial charge < -0.3 is 15.0 Å². The maximum Gasteiger partial charge on any atom is 0.255 e. The van der Waals surface area contributed by atoms with E-state index in [0.29, 0.717) is 18.7 Å². The van der Waals surface area contributed by atoms with Crippen LogP contribution in [0.25, 0.3) is 0 Å². The molecular weight excluding hydrogens is 356 g/mol. The summed E-state index contributed by atoms with van der Waals surface area (Å²) in [6.07, 6.45) is 1.72. The lowest BCUT2D eigenvalue weighted by molar-refractivity contribution is -0.138. The predicted octanol–water partition coefficient (Wildman–Crippen LogP) is 1.65. The van der Waals surface area contributed by atoms with Crippen molar-refractivity contribution in [3.8, 4) is 0 Å². The molecule has 2 saturated heterocycles. The van der Waals surface area contributed by atoms with Crippen molar-refractivity contribution >= 4 is 11.8 Å². The Morgan fingerprint density at radius 2 is 2.15 bits per heavy atom. The lowest BCUT2D eigenvalue weighted by Gasteiger charge is -2.37. The molecule has 2 aliphatic heterocycles. The largest absolute Gasteiger partial charge is 0.380 e. The van der Waals surface area contributed by atoms with Gasteiger partial charge in [0.1, 0.15) is 0 Å². The van der Waals surface area contributed by atoms with Gasteiger partial charge in [-0.3, -0.25) is 14.6 Å². The Balaban J connectivity index is 1.46. The van der Waals surface area contributed by atoms with Gasteiger partial charge in [0.15, 0.2) is 0 Å². The number of aromatic nitrogens is 1. The number of nitrogens with zero attached hydrogens (tertiary/aromatic N) is 2. The predicted molar refractivity (Wildman–Crippen MR) is 92.4 cm³/mol. The van der Waals surface area contributed by atoms with Crippen molar-refractivity contribution in [3.05, 3.63) is 29.6 Å². The lowest BCUT2D eigenvalue weighted by atomic mass is 9.79. The Hall–Kier alpha value is -2.09. The zero-order valence-corrected chi connectivity index (χ0v) is 15.2. The minimum atomic E-state index is -2.68. The van der Waals surface area contributed by atoms with Gasteiger partial charge in [0.25, 0.3) is 11.8 Å². The number of carbonyl (C=O) groups is 2. The molecule has 1 aliphatic carbocycles. The van der Waals surface area contributed by atoms with E-state index in [4.69, 9.17) is 4.74 Å². The SMILES string of the molecule is CCc1ccc(C(=O)N2C[C@@H]3COC[C@]3(C(=O)NC3CC(F)(F)C3)C2)cn1. The molecule has 0 unspecified atom stereocenters. The highest BCUT2D eigenvalue weighted by Crippen LogP contribution is 2.43. The molecule has 3 fully saturated rings. The summed E-state index contributed by atoms with van der Waals surface area (Å²) in [5, 5.41) is 2.74. The highest BCUT2D eigenvalue weighted by molar-refractivity contribution is 5.95. The first-order valence-electron chi connectivity index (χ1n) is 9.34. The molecule has 3 heterocycles. The molecule has 0 spiro atoms. The van der Waals surface area contributed by atoms with E-state index in [1.165, 1.54) is 0 Å². The van der Waals surface area contributed by atoms with Crippen molar-refractivity contribution in [1.82, 2.24) is 15.2 Å². The van der Waals surface area contributed by atoms with Gasteiger partial charge in [-0.15, -0.1) is 0 Å². The molecular formula is C19H23F2N3O3. The lowest BCUT2D eigenvalue weighted by Crippen LogP contribution is -2.56. The summed E-state index contributed by atoms with van der Waals surface area (Å²) in [5.41, 5.74) is 0.547. The summed E-state index contributed by atoms with van der Waals surface area (Å²) in [6.45, 7) is 3.25. The van der Waals surface area contributed by atoms with Crippen molar-refractivity contribution in [2.75, 3.05) is 26.3 Å². The van der Waals surface area contributed by atoms with E-state index in [2.05, 4.69) is 10.3 Å². The van der Waals surface area contributed by atoms with E-state index >= 15 is 0 Å². The van der Waals surface area contributed by atoms with Crippen molar-refractivity contribution < 1.29 is 23.1 Å². The fourth-order valence-electron chi connectivity index (χ4n) is 4.25. The molecule has 146 valence electrons. The van der Waals surface area contributed by atoms with Crippen LogP contribution in [0.4, 0.5) is 8.78 Å². The fraction of sp³-hybridized carbons (Fsp3) is 0.632. The van der Waals surface area contributed by atoms with Gasteiger partial charge in [-0.05, 0) is 18.6 Å². The normalized spacial score (nSPS) is 29.3.